The number of rotatable bonds is 7. The number of carboxylic acid groups (broad SMARTS) is 1. The molecule has 0 fully saturated rings. The van der Waals surface area contributed by atoms with Gasteiger partial charge in [0.2, 0.25) is 5.91 Å². The summed E-state index contributed by atoms with van der Waals surface area (Å²) < 4.78 is 13.7. The third-order valence-corrected chi connectivity index (χ3v) is 2.75. The molecule has 1 atom stereocenters. The number of nitrogens with one attached hydrogen (secondary N) is 1. The topological polar surface area (TPSA) is 92.4 Å². The average molecular weight is 268 g/mol. The summed E-state index contributed by atoms with van der Waals surface area (Å²) in [5.41, 5.74) is 5.42. The number of hydrogen-bond acceptors (Lipinski definition) is 3. The highest BCUT2D eigenvalue weighted by molar-refractivity contribution is 5.92. The minimum absolute atomic E-state index is 0.0852. The fourth-order valence-electron chi connectivity index (χ4n) is 1.68. The maximum atomic E-state index is 13.7. The van der Waals surface area contributed by atoms with Gasteiger partial charge >= 0.3 is 5.97 Å². The third kappa shape index (κ3) is 4.33. The van der Waals surface area contributed by atoms with E-state index in [1.54, 1.807) is 0 Å². The fraction of sp³-hybridized carbons (Fsp3) is 0.385. The standard InChI is InChI=1S/C13H17FN2O3/c1-2-3-11(13(18)19)16-7-9-5-4-8(12(15)17)6-10(9)14/h4-6,11,16H,2-3,7H2,1H3,(H2,15,17)(H,18,19). The molecule has 1 unspecified atom stereocenters. The summed E-state index contributed by atoms with van der Waals surface area (Å²) in [4.78, 5) is 21.8. The Labute approximate surface area is 110 Å². The van der Waals surface area contributed by atoms with Crippen molar-refractivity contribution in [3.63, 3.8) is 0 Å². The van der Waals surface area contributed by atoms with Crippen LogP contribution in [-0.4, -0.2) is 23.0 Å². The first-order valence-electron chi connectivity index (χ1n) is 6.00. The first-order valence-corrected chi connectivity index (χ1v) is 6.00. The van der Waals surface area contributed by atoms with Crippen molar-refractivity contribution in [2.24, 2.45) is 5.73 Å². The highest BCUT2D eigenvalue weighted by Crippen LogP contribution is 2.11. The summed E-state index contributed by atoms with van der Waals surface area (Å²) >= 11 is 0. The summed E-state index contributed by atoms with van der Waals surface area (Å²) in [6, 6.07) is 3.18. The van der Waals surface area contributed by atoms with E-state index in [2.05, 4.69) is 5.32 Å². The summed E-state index contributed by atoms with van der Waals surface area (Å²) in [5.74, 6) is -2.24. The van der Waals surface area contributed by atoms with Gasteiger partial charge in [-0.15, -0.1) is 0 Å². The van der Waals surface area contributed by atoms with Crippen molar-refractivity contribution in [3.05, 3.63) is 35.1 Å². The van der Waals surface area contributed by atoms with Crippen LogP contribution in [0.4, 0.5) is 4.39 Å². The van der Waals surface area contributed by atoms with Crippen molar-refractivity contribution in [2.75, 3.05) is 0 Å². The lowest BCUT2D eigenvalue weighted by molar-refractivity contribution is -0.139. The van der Waals surface area contributed by atoms with E-state index in [-0.39, 0.29) is 12.1 Å². The first-order chi connectivity index (χ1) is 8.95. The zero-order valence-corrected chi connectivity index (χ0v) is 10.6. The van der Waals surface area contributed by atoms with Crippen LogP contribution in [0.25, 0.3) is 0 Å². The summed E-state index contributed by atoms with van der Waals surface area (Å²) in [6.45, 7) is 1.96. The fourth-order valence-corrected chi connectivity index (χ4v) is 1.68. The van der Waals surface area contributed by atoms with Crippen LogP contribution in [0.5, 0.6) is 0 Å². The van der Waals surface area contributed by atoms with Crippen molar-refractivity contribution < 1.29 is 19.1 Å². The molecule has 6 heteroatoms. The molecule has 0 saturated heterocycles. The quantitative estimate of drug-likeness (QED) is 0.694. The molecule has 0 aliphatic carbocycles. The predicted octanol–water partition coefficient (Wildman–Crippen LogP) is 1.27. The van der Waals surface area contributed by atoms with Gasteiger partial charge in [-0.25, -0.2) is 4.39 Å². The van der Waals surface area contributed by atoms with Gasteiger partial charge in [0.25, 0.3) is 0 Å². The molecule has 1 rings (SSSR count). The first kappa shape index (κ1) is 15.1. The number of carbonyl (C=O) groups is 2. The average Bonchev–Trinajstić information content (AvgIpc) is 2.35. The number of benzene rings is 1. The monoisotopic (exact) mass is 268 g/mol. The molecule has 1 aromatic carbocycles. The van der Waals surface area contributed by atoms with Crippen LogP contribution in [0.15, 0.2) is 18.2 Å². The Morgan fingerprint density at radius 1 is 1.47 bits per heavy atom. The third-order valence-electron chi connectivity index (χ3n) is 2.75. The van der Waals surface area contributed by atoms with E-state index in [0.717, 1.165) is 6.07 Å². The van der Waals surface area contributed by atoms with E-state index in [1.165, 1.54) is 12.1 Å². The number of nitrogens with two attached hydrogens (primary N) is 1. The van der Waals surface area contributed by atoms with Crippen LogP contribution >= 0.6 is 0 Å². The lowest BCUT2D eigenvalue weighted by Crippen LogP contribution is -2.36. The predicted molar refractivity (Wildman–Crippen MR) is 68.1 cm³/mol. The van der Waals surface area contributed by atoms with Crippen LogP contribution in [-0.2, 0) is 11.3 Å². The molecule has 1 amide bonds. The molecule has 104 valence electrons. The van der Waals surface area contributed by atoms with Gasteiger partial charge in [-0.3, -0.25) is 9.59 Å². The lowest BCUT2D eigenvalue weighted by atomic mass is 10.1. The highest BCUT2D eigenvalue weighted by atomic mass is 19.1. The number of primary amides is 1. The maximum absolute atomic E-state index is 13.7. The Bertz CT molecular complexity index is 477. The second-order valence-electron chi connectivity index (χ2n) is 4.23. The van der Waals surface area contributed by atoms with Gasteiger partial charge in [0.05, 0.1) is 0 Å². The zero-order valence-electron chi connectivity index (χ0n) is 10.6. The van der Waals surface area contributed by atoms with Crippen LogP contribution in [0.1, 0.15) is 35.7 Å². The largest absolute Gasteiger partial charge is 0.480 e. The van der Waals surface area contributed by atoms with Crippen molar-refractivity contribution in [2.45, 2.75) is 32.4 Å². The van der Waals surface area contributed by atoms with Crippen molar-refractivity contribution in [3.8, 4) is 0 Å². The minimum Gasteiger partial charge on any atom is -0.480 e. The smallest absolute Gasteiger partial charge is 0.320 e. The Balaban J connectivity index is 2.72. The molecule has 0 spiro atoms. The molecule has 5 nitrogen and oxygen atoms in total. The van der Waals surface area contributed by atoms with E-state index in [4.69, 9.17) is 10.8 Å². The lowest BCUT2D eigenvalue weighted by Gasteiger charge is -2.14. The normalized spacial score (nSPS) is 12.1. The number of carbonyl (C=O) groups excluding carboxylic acids is 1. The molecule has 0 radical (unpaired) electrons. The van der Waals surface area contributed by atoms with Gasteiger partial charge in [-0.05, 0) is 18.6 Å². The van der Waals surface area contributed by atoms with Crippen molar-refractivity contribution in [1.82, 2.24) is 5.32 Å². The molecule has 0 aliphatic heterocycles. The summed E-state index contributed by atoms with van der Waals surface area (Å²) in [6.07, 6.45) is 1.18. The Morgan fingerprint density at radius 2 is 2.16 bits per heavy atom. The molecule has 0 heterocycles. The second-order valence-corrected chi connectivity index (χ2v) is 4.23. The van der Waals surface area contributed by atoms with Crippen LogP contribution in [0, 0.1) is 5.82 Å². The molecule has 0 aliphatic rings. The van der Waals surface area contributed by atoms with E-state index in [9.17, 15) is 14.0 Å². The van der Waals surface area contributed by atoms with Gasteiger partial charge in [0.15, 0.2) is 0 Å². The second kappa shape index (κ2) is 6.84. The van der Waals surface area contributed by atoms with Gasteiger partial charge in [-0.2, -0.15) is 0 Å². The van der Waals surface area contributed by atoms with Gasteiger partial charge in [0, 0.05) is 17.7 Å². The molecule has 19 heavy (non-hydrogen) atoms. The number of amides is 1. The molecular weight excluding hydrogens is 251 g/mol. The van der Waals surface area contributed by atoms with Gasteiger partial charge < -0.3 is 16.2 Å². The number of hydrogen-bond donors (Lipinski definition) is 3. The van der Waals surface area contributed by atoms with E-state index in [0.29, 0.717) is 18.4 Å². The van der Waals surface area contributed by atoms with E-state index >= 15 is 0 Å². The molecule has 0 aromatic heterocycles. The minimum atomic E-state index is -0.962. The van der Waals surface area contributed by atoms with E-state index < -0.39 is 23.7 Å². The summed E-state index contributed by atoms with van der Waals surface area (Å²) in [7, 11) is 0. The molecule has 4 N–H and O–H groups in total. The van der Waals surface area contributed by atoms with Crippen LogP contribution < -0.4 is 11.1 Å². The molecule has 1 aromatic rings. The number of carboxylic acids is 1. The maximum Gasteiger partial charge on any atom is 0.320 e. The van der Waals surface area contributed by atoms with Crippen LogP contribution in [0.2, 0.25) is 0 Å². The van der Waals surface area contributed by atoms with E-state index in [1.807, 2.05) is 6.92 Å². The van der Waals surface area contributed by atoms with Gasteiger partial charge in [0.1, 0.15) is 11.9 Å². The summed E-state index contributed by atoms with van der Waals surface area (Å²) in [5, 5.41) is 11.7. The van der Waals surface area contributed by atoms with Gasteiger partial charge in [-0.1, -0.05) is 19.4 Å². The number of aliphatic carboxylic acids is 1. The highest BCUT2D eigenvalue weighted by Gasteiger charge is 2.16. The molecular formula is C13H17FN2O3. The molecule has 0 bridgehead atoms. The van der Waals surface area contributed by atoms with Crippen LogP contribution in [0.3, 0.4) is 0 Å². The Morgan fingerprint density at radius 3 is 2.63 bits per heavy atom. The number of halogens is 1. The zero-order chi connectivity index (χ0) is 14.4. The Kier molecular flexibility index (Phi) is 5.44. The van der Waals surface area contributed by atoms with Crippen molar-refractivity contribution >= 4 is 11.9 Å². The molecule has 0 saturated carbocycles. The Hall–Kier alpha value is -1.95. The SMILES string of the molecule is CCCC(NCc1ccc(C(N)=O)cc1F)C(=O)O. The van der Waals surface area contributed by atoms with Crippen molar-refractivity contribution in [1.29, 1.82) is 0 Å².